The molecule has 1 aromatic carbocycles. The molecule has 0 aliphatic carbocycles. The number of sulfonamides is 1. The van der Waals surface area contributed by atoms with E-state index in [1.165, 1.54) is 11.3 Å². The van der Waals surface area contributed by atoms with Crippen LogP contribution in [-0.2, 0) is 10.0 Å². The Balaban J connectivity index is 1.87. The second-order valence-corrected chi connectivity index (χ2v) is 8.68. The van der Waals surface area contributed by atoms with Gasteiger partial charge in [0.2, 0.25) is 0 Å². The zero-order valence-corrected chi connectivity index (χ0v) is 14.8. The third-order valence-corrected chi connectivity index (χ3v) is 7.42. The van der Waals surface area contributed by atoms with Crippen LogP contribution in [0.25, 0.3) is 0 Å². The van der Waals surface area contributed by atoms with Crippen molar-refractivity contribution in [3.05, 3.63) is 47.3 Å². The van der Waals surface area contributed by atoms with Crippen LogP contribution in [0, 0.1) is 0 Å². The van der Waals surface area contributed by atoms with E-state index in [4.69, 9.17) is 4.74 Å². The molecule has 2 aromatic rings. The van der Waals surface area contributed by atoms with Crippen LogP contribution in [-0.4, -0.2) is 51.4 Å². The maximum Gasteiger partial charge on any atom is 0.252 e. The average Bonchev–Trinajstić information content (AvgIpc) is 3.10. The minimum atomic E-state index is -3.40. The van der Waals surface area contributed by atoms with Gasteiger partial charge < -0.3 is 4.74 Å². The van der Waals surface area contributed by atoms with Crippen molar-refractivity contribution in [3.63, 3.8) is 0 Å². The zero-order chi connectivity index (χ0) is 16.4. The maximum absolute atomic E-state index is 12.7. The molecule has 0 spiro atoms. The molecule has 7 heteroatoms. The monoisotopic (exact) mass is 352 g/mol. The molecule has 0 bridgehead atoms. The topological polar surface area (TPSA) is 49.9 Å². The molecule has 1 atom stereocenters. The molecule has 1 fully saturated rings. The number of ether oxygens (including phenoxy) is 1. The number of hydrogen-bond donors (Lipinski definition) is 0. The highest BCUT2D eigenvalue weighted by Crippen LogP contribution is 2.30. The second kappa shape index (κ2) is 6.60. The summed E-state index contributed by atoms with van der Waals surface area (Å²) in [5.41, 5.74) is 1.07. The molecule has 0 saturated carbocycles. The van der Waals surface area contributed by atoms with E-state index in [-0.39, 0.29) is 6.04 Å². The minimum Gasteiger partial charge on any atom is -0.497 e. The number of benzene rings is 1. The highest BCUT2D eigenvalue weighted by molar-refractivity contribution is 7.91. The van der Waals surface area contributed by atoms with E-state index in [0.717, 1.165) is 11.3 Å². The van der Waals surface area contributed by atoms with Crippen LogP contribution in [0.3, 0.4) is 0 Å². The molecule has 1 aliphatic heterocycles. The third-order valence-electron chi connectivity index (χ3n) is 4.18. The molecule has 1 aromatic heterocycles. The van der Waals surface area contributed by atoms with Crippen LogP contribution < -0.4 is 4.74 Å². The van der Waals surface area contributed by atoms with Crippen LogP contribution >= 0.6 is 11.3 Å². The quantitative estimate of drug-likeness (QED) is 0.848. The van der Waals surface area contributed by atoms with E-state index in [1.807, 2.05) is 31.3 Å². The highest BCUT2D eigenvalue weighted by Gasteiger charge is 2.34. The average molecular weight is 352 g/mol. The lowest BCUT2D eigenvalue weighted by atomic mass is 10.0. The number of rotatable bonds is 4. The molecule has 0 N–H and O–H groups in total. The SMILES string of the molecule is COc1cccc(C2CN(S(=O)(=O)c3cccs3)CCN2C)c1. The van der Waals surface area contributed by atoms with Crippen LogP contribution in [0.2, 0.25) is 0 Å². The summed E-state index contributed by atoms with van der Waals surface area (Å²) in [5, 5.41) is 1.79. The largest absolute Gasteiger partial charge is 0.497 e. The Morgan fingerprint density at radius 2 is 2.04 bits per heavy atom. The van der Waals surface area contributed by atoms with Gasteiger partial charge in [0.1, 0.15) is 9.96 Å². The Hall–Kier alpha value is -1.41. The molecule has 0 radical (unpaired) electrons. The molecule has 1 aliphatic rings. The maximum atomic E-state index is 12.7. The molecule has 0 amide bonds. The predicted octanol–water partition coefficient (Wildman–Crippen LogP) is 2.43. The number of methoxy groups -OCH3 is 1. The van der Waals surface area contributed by atoms with Gasteiger partial charge >= 0.3 is 0 Å². The Morgan fingerprint density at radius 1 is 1.22 bits per heavy atom. The smallest absolute Gasteiger partial charge is 0.252 e. The number of piperazine rings is 1. The molecule has 2 heterocycles. The summed E-state index contributed by atoms with van der Waals surface area (Å²) in [6.45, 7) is 1.66. The van der Waals surface area contributed by atoms with Gasteiger partial charge in [0.05, 0.1) is 7.11 Å². The summed E-state index contributed by atoms with van der Waals surface area (Å²) in [7, 11) is 0.258. The summed E-state index contributed by atoms with van der Waals surface area (Å²) >= 11 is 1.26. The second-order valence-electron chi connectivity index (χ2n) is 5.57. The van der Waals surface area contributed by atoms with Gasteiger partial charge in [0, 0.05) is 25.7 Å². The summed E-state index contributed by atoms with van der Waals surface area (Å²) in [6, 6.07) is 11.3. The molecular weight excluding hydrogens is 332 g/mol. The third kappa shape index (κ3) is 3.28. The first-order valence-electron chi connectivity index (χ1n) is 7.40. The summed E-state index contributed by atoms with van der Waals surface area (Å²) < 4.78 is 32.8. The molecule has 23 heavy (non-hydrogen) atoms. The van der Waals surface area contributed by atoms with Crippen molar-refractivity contribution in [1.29, 1.82) is 0 Å². The van der Waals surface area contributed by atoms with Crippen LogP contribution in [0.1, 0.15) is 11.6 Å². The molecule has 5 nitrogen and oxygen atoms in total. The fourth-order valence-electron chi connectivity index (χ4n) is 2.81. The van der Waals surface area contributed by atoms with E-state index >= 15 is 0 Å². The fraction of sp³-hybridized carbons (Fsp3) is 0.375. The van der Waals surface area contributed by atoms with E-state index in [0.29, 0.717) is 23.8 Å². The minimum absolute atomic E-state index is 0.0218. The van der Waals surface area contributed by atoms with Crippen molar-refractivity contribution in [2.75, 3.05) is 33.8 Å². The first-order valence-corrected chi connectivity index (χ1v) is 9.72. The molecule has 124 valence electrons. The first-order chi connectivity index (χ1) is 11.0. The molecular formula is C16H20N2O3S2. The van der Waals surface area contributed by atoms with Crippen LogP contribution in [0.4, 0.5) is 0 Å². The Morgan fingerprint density at radius 3 is 2.74 bits per heavy atom. The molecule has 3 rings (SSSR count). The van der Waals surface area contributed by atoms with E-state index in [9.17, 15) is 8.42 Å². The van der Waals surface area contributed by atoms with Crippen molar-refractivity contribution >= 4 is 21.4 Å². The van der Waals surface area contributed by atoms with Crippen molar-refractivity contribution in [2.24, 2.45) is 0 Å². The summed E-state index contributed by atoms with van der Waals surface area (Å²) in [5.74, 6) is 0.786. The number of nitrogens with zero attached hydrogens (tertiary/aromatic N) is 2. The normalized spacial score (nSPS) is 20.5. The van der Waals surface area contributed by atoms with Crippen LogP contribution in [0.15, 0.2) is 46.0 Å². The van der Waals surface area contributed by atoms with Crippen molar-refractivity contribution in [2.45, 2.75) is 10.3 Å². The van der Waals surface area contributed by atoms with Gasteiger partial charge in [-0.25, -0.2) is 8.42 Å². The number of thiophene rings is 1. The Bertz CT molecular complexity index is 759. The number of hydrogen-bond acceptors (Lipinski definition) is 5. The van der Waals surface area contributed by atoms with Gasteiger partial charge in [-0.2, -0.15) is 4.31 Å². The predicted molar refractivity (Wildman–Crippen MR) is 91.4 cm³/mol. The van der Waals surface area contributed by atoms with Gasteiger partial charge in [-0.15, -0.1) is 11.3 Å². The lowest BCUT2D eigenvalue weighted by Gasteiger charge is -2.38. The molecule has 1 saturated heterocycles. The Kier molecular flexibility index (Phi) is 4.72. The van der Waals surface area contributed by atoms with Crippen molar-refractivity contribution < 1.29 is 13.2 Å². The lowest BCUT2D eigenvalue weighted by Crippen LogP contribution is -2.48. The van der Waals surface area contributed by atoms with Crippen LogP contribution in [0.5, 0.6) is 5.75 Å². The van der Waals surface area contributed by atoms with Crippen molar-refractivity contribution in [3.8, 4) is 5.75 Å². The zero-order valence-electron chi connectivity index (χ0n) is 13.2. The molecule has 1 unspecified atom stereocenters. The Labute approximate surface area is 141 Å². The first kappa shape index (κ1) is 16.4. The van der Waals surface area contributed by atoms with Gasteiger partial charge in [-0.3, -0.25) is 4.90 Å². The summed E-state index contributed by atoms with van der Waals surface area (Å²) in [6.07, 6.45) is 0. The van der Waals surface area contributed by atoms with Gasteiger partial charge in [0.15, 0.2) is 0 Å². The van der Waals surface area contributed by atoms with Gasteiger partial charge in [-0.05, 0) is 36.2 Å². The highest BCUT2D eigenvalue weighted by atomic mass is 32.2. The lowest BCUT2D eigenvalue weighted by molar-refractivity contribution is 0.148. The standard InChI is InChI=1S/C16H20N2O3S2/c1-17-8-9-18(23(19,20)16-7-4-10-22-16)12-15(17)13-5-3-6-14(11-13)21-2/h3-7,10-11,15H,8-9,12H2,1-2H3. The fourth-order valence-corrected chi connectivity index (χ4v) is 5.40. The van der Waals surface area contributed by atoms with E-state index in [2.05, 4.69) is 4.90 Å². The van der Waals surface area contributed by atoms with E-state index < -0.39 is 10.0 Å². The van der Waals surface area contributed by atoms with E-state index in [1.54, 1.807) is 28.9 Å². The van der Waals surface area contributed by atoms with Gasteiger partial charge in [0.25, 0.3) is 10.0 Å². The van der Waals surface area contributed by atoms with Gasteiger partial charge in [-0.1, -0.05) is 18.2 Å². The number of likely N-dealkylation sites (N-methyl/N-ethyl adjacent to an activating group) is 1. The summed E-state index contributed by atoms with van der Waals surface area (Å²) in [4.78, 5) is 2.19. The van der Waals surface area contributed by atoms with Crippen molar-refractivity contribution in [1.82, 2.24) is 9.21 Å².